The molecule has 0 aromatic carbocycles. The lowest BCUT2D eigenvalue weighted by atomic mass is 10.1. The molecule has 1 unspecified atom stereocenters. The number of anilines is 2. The standard InChI is InChI=1S/C16H16F3N7/c17-16(18,19)12-3-4-22-15(24-12)23-11-2-1-7-26(10-11)14-13-20-5-8-25(13)9-6-21-14/h3-6,8-9,11H,1-2,7,10H2,(H,22,23,24). The van der Waals surface area contributed by atoms with E-state index >= 15 is 0 Å². The Hall–Kier alpha value is -2.91. The van der Waals surface area contributed by atoms with Crippen LogP contribution in [0.15, 0.2) is 37.1 Å². The smallest absolute Gasteiger partial charge is 0.351 e. The lowest BCUT2D eigenvalue weighted by Crippen LogP contribution is -2.43. The van der Waals surface area contributed by atoms with E-state index in [1.165, 1.54) is 0 Å². The van der Waals surface area contributed by atoms with Gasteiger partial charge in [-0.15, -0.1) is 0 Å². The normalized spacial score (nSPS) is 18.3. The first-order valence-electron chi connectivity index (χ1n) is 8.20. The van der Waals surface area contributed by atoms with Crippen molar-refractivity contribution in [3.05, 3.63) is 42.7 Å². The van der Waals surface area contributed by atoms with Crippen LogP contribution in [0.25, 0.3) is 5.65 Å². The predicted octanol–water partition coefficient (Wildman–Crippen LogP) is 2.62. The molecular formula is C16H16F3N7. The van der Waals surface area contributed by atoms with Crippen LogP contribution >= 0.6 is 0 Å². The molecule has 0 amide bonds. The third-order valence-electron chi connectivity index (χ3n) is 4.29. The van der Waals surface area contributed by atoms with Crippen LogP contribution < -0.4 is 10.2 Å². The van der Waals surface area contributed by atoms with Crippen LogP contribution in [-0.4, -0.2) is 43.5 Å². The Balaban J connectivity index is 1.52. The molecule has 1 aliphatic heterocycles. The van der Waals surface area contributed by atoms with Crippen LogP contribution in [0.4, 0.5) is 24.9 Å². The van der Waals surface area contributed by atoms with Crippen molar-refractivity contribution in [2.24, 2.45) is 0 Å². The van der Waals surface area contributed by atoms with Gasteiger partial charge < -0.3 is 14.6 Å². The predicted molar refractivity (Wildman–Crippen MR) is 88.9 cm³/mol. The summed E-state index contributed by atoms with van der Waals surface area (Å²) in [4.78, 5) is 18.3. The number of nitrogens with zero attached hydrogens (tertiary/aromatic N) is 6. The van der Waals surface area contributed by atoms with E-state index < -0.39 is 11.9 Å². The summed E-state index contributed by atoms with van der Waals surface area (Å²) < 4.78 is 40.3. The minimum absolute atomic E-state index is 0.0151. The van der Waals surface area contributed by atoms with Crippen LogP contribution in [0, 0.1) is 0 Å². The fraction of sp³-hybridized carbons (Fsp3) is 0.375. The Labute approximate surface area is 146 Å². The number of hydrogen-bond acceptors (Lipinski definition) is 6. The number of aromatic nitrogens is 5. The number of fused-ring (bicyclic) bond motifs is 1. The van der Waals surface area contributed by atoms with Crippen LogP contribution in [-0.2, 0) is 6.18 Å². The van der Waals surface area contributed by atoms with Gasteiger partial charge in [-0.05, 0) is 18.9 Å². The number of piperidine rings is 1. The molecule has 3 aromatic rings. The van der Waals surface area contributed by atoms with Crippen molar-refractivity contribution >= 4 is 17.4 Å². The van der Waals surface area contributed by atoms with Crippen molar-refractivity contribution in [1.29, 1.82) is 0 Å². The highest BCUT2D eigenvalue weighted by atomic mass is 19.4. The number of halogens is 3. The van der Waals surface area contributed by atoms with E-state index in [2.05, 4.69) is 30.2 Å². The van der Waals surface area contributed by atoms with E-state index in [1.54, 1.807) is 12.4 Å². The minimum atomic E-state index is -4.49. The maximum Gasteiger partial charge on any atom is 0.433 e. The number of nitrogens with one attached hydrogen (secondary N) is 1. The Kier molecular flexibility index (Phi) is 4.09. The molecule has 1 saturated heterocycles. The summed E-state index contributed by atoms with van der Waals surface area (Å²) in [5.74, 6) is 0.743. The van der Waals surface area contributed by atoms with Gasteiger partial charge in [0.25, 0.3) is 0 Å². The van der Waals surface area contributed by atoms with Crippen LogP contribution in [0.2, 0.25) is 0 Å². The molecular weight excluding hydrogens is 347 g/mol. The monoisotopic (exact) mass is 363 g/mol. The fourth-order valence-corrected chi connectivity index (χ4v) is 3.12. The van der Waals surface area contributed by atoms with E-state index in [1.807, 2.05) is 16.8 Å². The molecule has 0 bridgehead atoms. The first-order chi connectivity index (χ1) is 12.5. The molecule has 1 atom stereocenters. The Morgan fingerprint density at radius 2 is 1.88 bits per heavy atom. The molecule has 7 nitrogen and oxygen atoms in total. The minimum Gasteiger partial charge on any atom is -0.351 e. The molecule has 1 N–H and O–H groups in total. The molecule has 0 aliphatic carbocycles. The molecule has 4 heterocycles. The maximum atomic E-state index is 12.8. The quantitative estimate of drug-likeness (QED) is 0.771. The first kappa shape index (κ1) is 16.6. The Morgan fingerprint density at radius 3 is 2.69 bits per heavy atom. The molecule has 136 valence electrons. The summed E-state index contributed by atoms with van der Waals surface area (Å²) >= 11 is 0. The lowest BCUT2D eigenvalue weighted by molar-refractivity contribution is -0.141. The Morgan fingerprint density at radius 1 is 1.08 bits per heavy atom. The highest BCUT2D eigenvalue weighted by molar-refractivity contribution is 5.64. The van der Waals surface area contributed by atoms with Gasteiger partial charge in [0, 0.05) is 50.1 Å². The van der Waals surface area contributed by atoms with Crippen molar-refractivity contribution in [1.82, 2.24) is 24.3 Å². The summed E-state index contributed by atoms with van der Waals surface area (Å²) in [5.41, 5.74) is -0.199. The average molecular weight is 363 g/mol. The maximum absolute atomic E-state index is 12.8. The van der Waals surface area contributed by atoms with Crippen molar-refractivity contribution in [3.63, 3.8) is 0 Å². The SMILES string of the molecule is FC(F)(F)c1ccnc(NC2CCCN(c3nccn4ccnc34)C2)n1. The largest absolute Gasteiger partial charge is 0.433 e. The second-order valence-corrected chi connectivity index (χ2v) is 6.10. The van der Waals surface area contributed by atoms with Gasteiger partial charge in [-0.2, -0.15) is 13.2 Å². The summed E-state index contributed by atoms with van der Waals surface area (Å²) in [6.45, 7) is 1.39. The third-order valence-corrected chi connectivity index (χ3v) is 4.29. The van der Waals surface area contributed by atoms with E-state index in [0.29, 0.717) is 6.54 Å². The summed E-state index contributed by atoms with van der Waals surface area (Å²) in [7, 11) is 0. The van der Waals surface area contributed by atoms with Crippen LogP contribution in [0.1, 0.15) is 18.5 Å². The molecule has 0 saturated carbocycles. The van der Waals surface area contributed by atoms with Crippen molar-refractivity contribution in [2.45, 2.75) is 25.1 Å². The Bertz CT molecular complexity index is 908. The van der Waals surface area contributed by atoms with Crippen molar-refractivity contribution in [2.75, 3.05) is 23.3 Å². The van der Waals surface area contributed by atoms with E-state index in [-0.39, 0.29) is 12.0 Å². The summed E-state index contributed by atoms with van der Waals surface area (Å²) in [5, 5.41) is 3.02. The lowest BCUT2D eigenvalue weighted by Gasteiger charge is -2.34. The van der Waals surface area contributed by atoms with Gasteiger partial charge in [0.15, 0.2) is 11.5 Å². The highest BCUT2D eigenvalue weighted by Crippen LogP contribution is 2.28. The zero-order valence-electron chi connectivity index (χ0n) is 13.7. The second-order valence-electron chi connectivity index (χ2n) is 6.10. The topological polar surface area (TPSA) is 71.2 Å². The van der Waals surface area contributed by atoms with E-state index in [9.17, 15) is 13.2 Å². The number of rotatable bonds is 3. The molecule has 4 rings (SSSR count). The molecule has 10 heteroatoms. The van der Waals surface area contributed by atoms with Gasteiger partial charge in [-0.1, -0.05) is 0 Å². The summed E-state index contributed by atoms with van der Waals surface area (Å²) in [6.07, 6.45) is 5.39. The van der Waals surface area contributed by atoms with E-state index in [0.717, 1.165) is 43.1 Å². The van der Waals surface area contributed by atoms with Crippen molar-refractivity contribution < 1.29 is 13.2 Å². The molecule has 0 spiro atoms. The number of imidazole rings is 1. The highest BCUT2D eigenvalue weighted by Gasteiger charge is 2.33. The van der Waals surface area contributed by atoms with Gasteiger partial charge in [0.05, 0.1) is 0 Å². The third kappa shape index (κ3) is 3.26. The molecule has 1 fully saturated rings. The van der Waals surface area contributed by atoms with Gasteiger partial charge in [0.2, 0.25) is 5.95 Å². The molecule has 0 radical (unpaired) electrons. The average Bonchev–Trinajstić information content (AvgIpc) is 3.10. The van der Waals surface area contributed by atoms with Gasteiger partial charge in [-0.25, -0.2) is 19.9 Å². The fourth-order valence-electron chi connectivity index (χ4n) is 3.12. The van der Waals surface area contributed by atoms with Crippen LogP contribution in [0.5, 0.6) is 0 Å². The molecule has 26 heavy (non-hydrogen) atoms. The van der Waals surface area contributed by atoms with Crippen molar-refractivity contribution in [3.8, 4) is 0 Å². The van der Waals surface area contributed by atoms with Crippen LogP contribution in [0.3, 0.4) is 0 Å². The van der Waals surface area contributed by atoms with Gasteiger partial charge in [-0.3, -0.25) is 0 Å². The summed E-state index contributed by atoms with van der Waals surface area (Å²) in [6, 6.07) is 0.783. The van der Waals surface area contributed by atoms with E-state index in [4.69, 9.17) is 0 Å². The number of alkyl halides is 3. The second kappa shape index (κ2) is 6.43. The number of hydrogen-bond donors (Lipinski definition) is 1. The molecule has 1 aliphatic rings. The van der Waals surface area contributed by atoms with Gasteiger partial charge in [0.1, 0.15) is 5.69 Å². The zero-order chi connectivity index (χ0) is 18.1. The zero-order valence-corrected chi connectivity index (χ0v) is 13.7. The first-order valence-corrected chi connectivity index (χ1v) is 8.20. The van der Waals surface area contributed by atoms with Gasteiger partial charge >= 0.3 is 6.18 Å². The molecule has 3 aromatic heterocycles.